The summed E-state index contributed by atoms with van der Waals surface area (Å²) in [6.07, 6.45) is 0. The van der Waals surface area contributed by atoms with E-state index in [0.29, 0.717) is 0 Å². The first-order valence-electron chi connectivity index (χ1n) is 3.58. The van der Waals surface area contributed by atoms with E-state index in [1.807, 2.05) is 0 Å². The van der Waals surface area contributed by atoms with E-state index in [0.717, 1.165) is 0 Å². The van der Waals surface area contributed by atoms with Crippen molar-refractivity contribution in [3.05, 3.63) is 0 Å². The number of hydrogen-bond acceptors (Lipinski definition) is 12. The number of rotatable bonds is 0. The molecule has 27 heavy (non-hydrogen) atoms. The number of halogens is 6. The molecule has 0 bridgehead atoms. The minimum Gasteiger partial charge on any atom is -0.560 e. The van der Waals surface area contributed by atoms with Crippen LogP contribution in [0.2, 0.25) is 0 Å². The molecule has 0 fully saturated rings. The van der Waals surface area contributed by atoms with Crippen molar-refractivity contribution in [3.8, 4) is 0 Å². The molecule has 0 N–H and O–H groups in total. The maximum Gasteiger partial charge on any atom is 3.00 e. The molecule has 0 aromatic carbocycles. The van der Waals surface area contributed by atoms with Gasteiger partial charge in [0.2, 0.25) is 0 Å². The zero-order chi connectivity index (χ0) is 21.5. The molecule has 0 atom stereocenters. The number of hydrogen-bond donors (Lipinski definition) is 0. The summed E-state index contributed by atoms with van der Waals surface area (Å²) in [5.74, 6) is 0. The summed E-state index contributed by atoms with van der Waals surface area (Å²) in [5, 5.41) is 0. The van der Waals surface area contributed by atoms with Crippen LogP contribution in [0.5, 0.6) is 0 Å². The standard InChI is InChI=1S/Al.Ca.6FO2Si.Na/c;;6*1-4(2)3;/q+3;+2;6*-1;+1. The summed E-state index contributed by atoms with van der Waals surface area (Å²) in [6.45, 7) is 0. The molecular formula is AlCaF6NaO12Si6. The molecular weight excluding hydrogens is 565 g/mol. The van der Waals surface area contributed by atoms with Crippen LogP contribution in [0.4, 0.5) is 24.6 Å². The first-order chi connectivity index (χ1) is 10.4. The van der Waals surface area contributed by atoms with Gasteiger partial charge in [0.25, 0.3) is 0 Å². The Hall–Kier alpha value is 1.27. The van der Waals surface area contributed by atoms with Crippen molar-refractivity contribution in [1.29, 1.82) is 0 Å². The summed E-state index contributed by atoms with van der Waals surface area (Å²) in [7, 11) is -23.3. The third kappa shape index (κ3) is 10700. The Morgan fingerprint density at radius 1 is 0.407 bits per heavy atom. The molecule has 0 aliphatic carbocycles. The Kier molecular flexibility index (Phi) is 106. The van der Waals surface area contributed by atoms with Crippen LogP contribution in [0.3, 0.4) is 0 Å². The van der Waals surface area contributed by atoms with Crippen molar-refractivity contribution in [2.45, 2.75) is 0 Å². The van der Waals surface area contributed by atoms with Gasteiger partial charge in [-0.2, -0.15) is 0 Å². The van der Waals surface area contributed by atoms with Crippen molar-refractivity contribution in [1.82, 2.24) is 0 Å². The van der Waals surface area contributed by atoms with Crippen LogP contribution in [0.15, 0.2) is 0 Å². The fourth-order valence-corrected chi connectivity index (χ4v) is 0. The van der Waals surface area contributed by atoms with Gasteiger partial charge in [-0.3, -0.25) is 24.6 Å². The molecule has 0 rings (SSSR count). The second kappa shape index (κ2) is 50.7. The molecule has 0 amide bonds. The SMILES string of the molecule is O=[Si]([O-])F.O=[Si]([O-])F.O=[Si]([O-])F.O=[Si]([O-])F.O=[Si]([O-])F.O=[Si]([O-])F.[Al+3].[Ca+2].[Na+]. The maximum absolute atomic E-state index is 9.99. The van der Waals surface area contributed by atoms with Crippen LogP contribution in [-0.4, -0.2) is 111 Å². The molecule has 12 nitrogen and oxygen atoms in total. The third-order valence-corrected chi connectivity index (χ3v) is 0. The van der Waals surface area contributed by atoms with Crippen LogP contribution >= 0.6 is 0 Å². The van der Waals surface area contributed by atoms with Gasteiger partial charge in [0.1, 0.15) is 0 Å². The van der Waals surface area contributed by atoms with E-state index >= 15 is 0 Å². The van der Waals surface area contributed by atoms with E-state index in [1.54, 1.807) is 0 Å². The second-order valence-corrected chi connectivity index (χ2v) is 4.28. The Balaban J connectivity index is -0.0000000201. The molecule has 0 heterocycles. The van der Waals surface area contributed by atoms with E-state index in [9.17, 15) is 24.6 Å². The Bertz CT molecular complexity index is 286. The molecule has 0 aliphatic heterocycles. The van der Waals surface area contributed by atoms with Crippen LogP contribution in [0.1, 0.15) is 0 Å². The van der Waals surface area contributed by atoms with Gasteiger partial charge in [-0.05, 0) is 0 Å². The van der Waals surface area contributed by atoms with Gasteiger partial charge in [0, 0.05) is 0 Å². The van der Waals surface area contributed by atoms with E-state index in [-0.39, 0.29) is 84.7 Å². The van der Waals surface area contributed by atoms with Gasteiger partial charge in [-0.25, -0.2) is 0 Å². The monoisotopic (exact) mass is 564 g/mol. The second-order valence-electron chi connectivity index (χ2n) is 1.43. The molecule has 144 valence electrons. The first kappa shape index (κ1) is 56.6. The van der Waals surface area contributed by atoms with Crippen molar-refractivity contribution in [2.24, 2.45) is 0 Å². The van der Waals surface area contributed by atoms with Gasteiger partial charge in [0.05, 0.1) is 0 Å². The molecule has 0 saturated carbocycles. The summed E-state index contributed by atoms with van der Waals surface area (Å²) in [4.78, 5) is 50.4. The van der Waals surface area contributed by atoms with Crippen molar-refractivity contribution in [3.63, 3.8) is 0 Å². The summed E-state index contributed by atoms with van der Waals surface area (Å²) >= 11 is 0. The van der Waals surface area contributed by atoms with Crippen molar-refractivity contribution in [2.75, 3.05) is 0 Å². The molecule has 0 aromatic rings. The molecule has 27 heteroatoms. The average Bonchev–Trinajstić information content (AvgIpc) is 2.08. The third-order valence-electron chi connectivity index (χ3n) is 0. The minimum atomic E-state index is -3.88. The molecule has 0 spiro atoms. The molecule has 0 aromatic heterocycles. The largest absolute Gasteiger partial charge is 3.00 e. The topological polar surface area (TPSA) is 241 Å². The smallest absolute Gasteiger partial charge is 0.560 e. The minimum absolute atomic E-state index is 0. The summed E-state index contributed by atoms with van der Waals surface area (Å²) in [5.41, 5.74) is 0. The van der Waals surface area contributed by atoms with Gasteiger partial charge in [0.15, 0.2) is 0 Å². The summed E-state index contributed by atoms with van der Waals surface area (Å²) in [6, 6.07) is 0. The Morgan fingerprint density at radius 3 is 0.407 bits per heavy atom. The Labute approximate surface area is 218 Å². The predicted molar refractivity (Wildman–Crippen MR) is 56.8 cm³/mol. The molecule has 0 aliphatic rings. The Morgan fingerprint density at radius 2 is 0.407 bits per heavy atom. The fourth-order valence-electron chi connectivity index (χ4n) is 0. The maximum atomic E-state index is 9.99. The van der Waals surface area contributed by atoms with Crippen LogP contribution < -0.4 is 58.3 Å². The average molecular weight is 565 g/mol. The summed E-state index contributed by atoms with van der Waals surface area (Å²) < 4.78 is 110. The van der Waals surface area contributed by atoms with E-state index in [2.05, 4.69) is 0 Å². The van der Waals surface area contributed by atoms with Crippen LogP contribution in [0.25, 0.3) is 0 Å². The molecule has 0 radical (unpaired) electrons. The van der Waals surface area contributed by atoms with E-state index in [4.69, 9.17) is 55.5 Å². The fraction of sp³-hybridized carbons (Fsp3) is 0. The van der Waals surface area contributed by atoms with Crippen molar-refractivity contribution >= 4 is 111 Å². The van der Waals surface area contributed by atoms with Crippen LogP contribution in [0, 0.1) is 0 Å². The quantitative estimate of drug-likeness (QED) is 0.151. The van der Waals surface area contributed by atoms with Crippen molar-refractivity contribution < 1.29 is 110 Å². The predicted octanol–water partition coefficient (Wildman–Crippen LogP) is -11.4. The van der Waals surface area contributed by atoms with Gasteiger partial charge >= 0.3 is 140 Å². The zero-order valence-electron chi connectivity index (χ0n) is 12.5. The van der Waals surface area contributed by atoms with Crippen LogP contribution in [-0.2, 0) is 26.8 Å². The first-order valence-corrected chi connectivity index (χ1v) is 10.8. The normalized spacial score (nSPS) is 5.56. The van der Waals surface area contributed by atoms with Gasteiger partial charge in [-0.15, -0.1) is 0 Å². The molecule has 0 saturated heterocycles. The van der Waals surface area contributed by atoms with E-state index < -0.39 is 55.6 Å². The van der Waals surface area contributed by atoms with Gasteiger partial charge in [-0.1, -0.05) is 0 Å². The van der Waals surface area contributed by atoms with E-state index in [1.165, 1.54) is 0 Å². The zero-order valence-corrected chi connectivity index (χ0v) is 23.8. The van der Waals surface area contributed by atoms with Gasteiger partial charge < -0.3 is 55.5 Å². The molecule has 0 unspecified atom stereocenters.